The first-order valence-corrected chi connectivity index (χ1v) is 7.31. The minimum Gasteiger partial charge on any atom is -0.508 e. The summed E-state index contributed by atoms with van der Waals surface area (Å²) < 4.78 is 13.2. The molecule has 0 saturated carbocycles. The highest BCUT2D eigenvalue weighted by molar-refractivity contribution is 7.13. The zero-order valence-corrected chi connectivity index (χ0v) is 11.9. The third-order valence-corrected chi connectivity index (χ3v) is 3.80. The van der Waals surface area contributed by atoms with Gasteiger partial charge in [0.1, 0.15) is 16.6 Å². The number of halogens is 1. The second kappa shape index (κ2) is 5.93. The average molecular weight is 300 g/mol. The summed E-state index contributed by atoms with van der Waals surface area (Å²) >= 11 is 1.58. The van der Waals surface area contributed by atoms with Gasteiger partial charge in [-0.3, -0.25) is 0 Å². The van der Waals surface area contributed by atoms with Gasteiger partial charge in [-0.1, -0.05) is 12.1 Å². The quantitative estimate of drug-likeness (QED) is 0.756. The fourth-order valence-corrected chi connectivity index (χ4v) is 2.70. The molecule has 2 N–H and O–H groups in total. The number of nitrogens with zero attached hydrogens (tertiary/aromatic N) is 1. The van der Waals surface area contributed by atoms with Crippen molar-refractivity contribution in [2.45, 2.75) is 6.54 Å². The largest absolute Gasteiger partial charge is 0.508 e. The van der Waals surface area contributed by atoms with Crippen LogP contribution in [-0.4, -0.2) is 10.1 Å². The lowest BCUT2D eigenvalue weighted by molar-refractivity contribution is 0.468. The van der Waals surface area contributed by atoms with Crippen molar-refractivity contribution in [3.05, 3.63) is 65.4 Å². The molecule has 0 aliphatic heterocycles. The number of nitrogens with one attached hydrogen (secondary N) is 1. The van der Waals surface area contributed by atoms with Crippen LogP contribution < -0.4 is 5.32 Å². The summed E-state index contributed by atoms with van der Waals surface area (Å²) in [6, 6.07) is 11.9. The van der Waals surface area contributed by atoms with E-state index in [-0.39, 0.29) is 5.75 Å². The van der Waals surface area contributed by atoms with E-state index < -0.39 is 5.82 Å². The van der Waals surface area contributed by atoms with Gasteiger partial charge in [-0.05, 0) is 29.8 Å². The fourth-order valence-electron chi connectivity index (χ4n) is 2.07. The van der Waals surface area contributed by atoms with E-state index in [1.165, 1.54) is 6.07 Å². The highest BCUT2D eigenvalue weighted by atomic mass is 32.1. The van der Waals surface area contributed by atoms with Crippen LogP contribution in [0, 0.1) is 5.82 Å². The number of phenolic OH excluding ortho intramolecular Hbond substituents is 1. The summed E-state index contributed by atoms with van der Waals surface area (Å²) in [6.45, 7) is 0.437. The van der Waals surface area contributed by atoms with Crippen molar-refractivity contribution in [1.82, 2.24) is 4.98 Å². The molecule has 0 bridgehead atoms. The molecule has 2 aromatic carbocycles. The first-order valence-electron chi connectivity index (χ1n) is 6.43. The zero-order chi connectivity index (χ0) is 14.7. The number of anilines is 1. The molecule has 3 aromatic rings. The van der Waals surface area contributed by atoms with Crippen LogP contribution in [0.4, 0.5) is 10.1 Å². The number of aromatic hydroxyl groups is 1. The summed E-state index contributed by atoms with van der Waals surface area (Å²) in [7, 11) is 0. The lowest BCUT2D eigenvalue weighted by Gasteiger charge is -2.08. The Labute approximate surface area is 125 Å². The molecule has 21 heavy (non-hydrogen) atoms. The highest BCUT2D eigenvalue weighted by Gasteiger charge is 2.03. The molecule has 0 amide bonds. The summed E-state index contributed by atoms with van der Waals surface area (Å²) in [6.07, 6.45) is 1.77. The molecule has 0 unspecified atom stereocenters. The first kappa shape index (κ1) is 13.6. The molecule has 0 radical (unpaired) electrons. The van der Waals surface area contributed by atoms with Gasteiger partial charge < -0.3 is 10.4 Å². The van der Waals surface area contributed by atoms with Gasteiger partial charge in [0.25, 0.3) is 0 Å². The fraction of sp³-hybridized carbons (Fsp3) is 0.0625. The van der Waals surface area contributed by atoms with Gasteiger partial charge in [-0.15, -0.1) is 11.3 Å². The Balaban J connectivity index is 1.75. The van der Waals surface area contributed by atoms with E-state index in [0.717, 1.165) is 22.3 Å². The summed E-state index contributed by atoms with van der Waals surface area (Å²) in [5.41, 5.74) is 2.65. The van der Waals surface area contributed by atoms with Gasteiger partial charge in [-0.2, -0.15) is 0 Å². The van der Waals surface area contributed by atoms with E-state index in [0.29, 0.717) is 12.1 Å². The van der Waals surface area contributed by atoms with Crippen molar-refractivity contribution in [2.75, 3.05) is 5.32 Å². The van der Waals surface area contributed by atoms with E-state index in [9.17, 15) is 9.50 Å². The van der Waals surface area contributed by atoms with Crippen molar-refractivity contribution in [2.24, 2.45) is 0 Å². The van der Waals surface area contributed by atoms with Crippen LogP contribution in [0.15, 0.2) is 54.0 Å². The van der Waals surface area contributed by atoms with E-state index >= 15 is 0 Å². The molecule has 0 aliphatic carbocycles. The maximum absolute atomic E-state index is 13.2. The standard InChI is InChI=1S/C16H13FN2OS/c17-13-6-11(7-15(20)9-13)10-19-14-3-1-2-12(8-14)16-18-4-5-21-16/h1-9,19-20H,10H2. The van der Waals surface area contributed by atoms with Crippen LogP contribution in [0.25, 0.3) is 10.6 Å². The van der Waals surface area contributed by atoms with Crippen molar-refractivity contribution >= 4 is 17.0 Å². The molecule has 0 aliphatic rings. The van der Waals surface area contributed by atoms with E-state index in [2.05, 4.69) is 10.3 Å². The molecule has 1 aromatic heterocycles. The monoisotopic (exact) mass is 300 g/mol. The summed E-state index contributed by atoms with van der Waals surface area (Å²) in [4.78, 5) is 4.28. The Morgan fingerprint density at radius 2 is 2.10 bits per heavy atom. The predicted molar refractivity (Wildman–Crippen MR) is 82.9 cm³/mol. The van der Waals surface area contributed by atoms with E-state index in [1.54, 1.807) is 23.6 Å². The molecule has 0 atom stereocenters. The van der Waals surface area contributed by atoms with E-state index in [1.807, 2.05) is 29.6 Å². The number of benzene rings is 2. The SMILES string of the molecule is Oc1cc(F)cc(CNc2cccc(-c3nccs3)c2)c1. The van der Waals surface area contributed by atoms with Crippen LogP contribution in [0.1, 0.15) is 5.56 Å². The lowest BCUT2D eigenvalue weighted by Crippen LogP contribution is -1.99. The minimum absolute atomic E-state index is 0.0664. The van der Waals surface area contributed by atoms with Crippen LogP contribution >= 0.6 is 11.3 Å². The maximum atomic E-state index is 13.2. The van der Waals surface area contributed by atoms with Crippen LogP contribution in [0.3, 0.4) is 0 Å². The lowest BCUT2D eigenvalue weighted by atomic mass is 10.2. The Bertz CT molecular complexity index is 724. The molecule has 0 saturated heterocycles. The maximum Gasteiger partial charge on any atom is 0.127 e. The van der Waals surface area contributed by atoms with Crippen LogP contribution in [0.2, 0.25) is 0 Å². The van der Waals surface area contributed by atoms with Crippen molar-refractivity contribution in [3.8, 4) is 16.3 Å². The molecule has 5 heteroatoms. The number of rotatable bonds is 4. The zero-order valence-electron chi connectivity index (χ0n) is 11.1. The summed E-state index contributed by atoms with van der Waals surface area (Å²) in [5, 5.41) is 15.5. The Morgan fingerprint density at radius 1 is 1.19 bits per heavy atom. The third-order valence-electron chi connectivity index (χ3n) is 2.98. The normalized spacial score (nSPS) is 10.5. The minimum atomic E-state index is -0.441. The molecule has 0 spiro atoms. The van der Waals surface area contributed by atoms with Crippen molar-refractivity contribution < 1.29 is 9.50 Å². The van der Waals surface area contributed by atoms with E-state index in [4.69, 9.17) is 0 Å². The van der Waals surface area contributed by atoms with Gasteiger partial charge in [0.05, 0.1) is 0 Å². The van der Waals surface area contributed by atoms with Gasteiger partial charge in [0, 0.05) is 35.4 Å². The molecule has 0 fully saturated rings. The Morgan fingerprint density at radius 3 is 2.86 bits per heavy atom. The van der Waals surface area contributed by atoms with Gasteiger partial charge in [-0.25, -0.2) is 9.37 Å². The van der Waals surface area contributed by atoms with Gasteiger partial charge in [0.15, 0.2) is 0 Å². The number of aromatic nitrogens is 1. The summed E-state index contributed by atoms with van der Waals surface area (Å²) in [5.74, 6) is -0.508. The number of hydrogen-bond donors (Lipinski definition) is 2. The number of phenols is 1. The molecular formula is C16H13FN2OS. The van der Waals surface area contributed by atoms with Crippen molar-refractivity contribution in [3.63, 3.8) is 0 Å². The smallest absolute Gasteiger partial charge is 0.127 e. The molecular weight excluding hydrogens is 287 g/mol. The van der Waals surface area contributed by atoms with Gasteiger partial charge >= 0.3 is 0 Å². The highest BCUT2D eigenvalue weighted by Crippen LogP contribution is 2.25. The molecule has 3 rings (SSSR count). The van der Waals surface area contributed by atoms with Gasteiger partial charge in [0.2, 0.25) is 0 Å². The number of thiazole rings is 1. The number of hydrogen-bond acceptors (Lipinski definition) is 4. The van der Waals surface area contributed by atoms with Crippen molar-refractivity contribution in [1.29, 1.82) is 0 Å². The molecule has 1 heterocycles. The Hall–Kier alpha value is -2.40. The third kappa shape index (κ3) is 3.38. The molecule has 3 nitrogen and oxygen atoms in total. The Kier molecular flexibility index (Phi) is 3.83. The van der Waals surface area contributed by atoms with Crippen LogP contribution in [0.5, 0.6) is 5.75 Å². The first-order chi connectivity index (χ1) is 10.2. The second-order valence-corrected chi connectivity index (χ2v) is 5.48. The van der Waals surface area contributed by atoms with Crippen LogP contribution in [-0.2, 0) is 6.54 Å². The predicted octanol–water partition coefficient (Wildman–Crippen LogP) is 4.27. The topological polar surface area (TPSA) is 45.1 Å². The molecule has 106 valence electrons. The second-order valence-electron chi connectivity index (χ2n) is 4.59. The average Bonchev–Trinajstić information content (AvgIpc) is 2.99.